The first-order valence-electron chi connectivity index (χ1n) is 4.71. The Kier molecular flexibility index (Phi) is 1.78. The Morgan fingerprint density at radius 1 is 1.42 bits per heavy atom. The topological polar surface area (TPSA) is 18.5 Å². The third-order valence-electron chi connectivity index (χ3n) is 3.01. The van der Waals surface area contributed by atoms with Crippen LogP contribution in [0.15, 0.2) is 12.5 Å². The Morgan fingerprint density at radius 2 is 2.08 bits per heavy atom. The number of ether oxygens (including phenoxy) is 2. The highest BCUT2D eigenvalue weighted by Crippen LogP contribution is 2.39. The molecule has 1 heterocycles. The Bertz CT molecular complexity index is 190. The molecule has 2 aliphatic rings. The zero-order valence-corrected chi connectivity index (χ0v) is 7.64. The van der Waals surface area contributed by atoms with E-state index in [9.17, 15) is 0 Å². The standard InChI is InChI=1S/C10H16O2/c1-8-3-5-10(6-4-8)7-11-9(2)12-10/h8H,2-7H2,1H3. The van der Waals surface area contributed by atoms with E-state index in [1.165, 1.54) is 12.8 Å². The molecule has 12 heavy (non-hydrogen) atoms. The van der Waals surface area contributed by atoms with Gasteiger partial charge in [-0.1, -0.05) is 6.92 Å². The van der Waals surface area contributed by atoms with Gasteiger partial charge in [0.05, 0.1) is 0 Å². The van der Waals surface area contributed by atoms with E-state index in [4.69, 9.17) is 9.47 Å². The van der Waals surface area contributed by atoms with Crippen molar-refractivity contribution in [2.75, 3.05) is 6.61 Å². The fraction of sp³-hybridized carbons (Fsp3) is 0.800. The summed E-state index contributed by atoms with van der Waals surface area (Å²) >= 11 is 0. The van der Waals surface area contributed by atoms with E-state index in [1.54, 1.807) is 0 Å². The molecule has 1 saturated heterocycles. The molecule has 0 N–H and O–H groups in total. The molecule has 0 aromatic heterocycles. The maximum atomic E-state index is 5.62. The summed E-state index contributed by atoms with van der Waals surface area (Å²) in [6.07, 6.45) is 4.79. The fourth-order valence-electron chi connectivity index (χ4n) is 2.05. The predicted octanol–water partition coefficient (Wildman–Crippen LogP) is 2.45. The molecule has 0 bridgehead atoms. The lowest BCUT2D eigenvalue weighted by Crippen LogP contribution is -2.35. The van der Waals surface area contributed by atoms with Gasteiger partial charge in [0.2, 0.25) is 0 Å². The Hall–Kier alpha value is -0.660. The monoisotopic (exact) mass is 168 g/mol. The zero-order chi connectivity index (χ0) is 8.60. The van der Waals surface area contributed by atoms with Crippen molar-refractivity contribution in [3.8, 4) is 0 Å². The van der Waals surface area contributed by atoms with Crippen LogP contribution in [0.5, 0.6) is 0 Å². The second-order valence-electron chi connectivity index (χ2n) is 4.13. The van der Waals surface area contributed by atoms with Gasteiger partial charge in [0.15, 0.2) is 0 Å². The van der Waals surface area contributed by atoms with Crippen LogP contribution in [0.4, 0.5) is 0 Å². The molecule has 1 aliphatic carbocycles. The minimum Gasteiger partial charge on any atom is -0.462 e. The molecular weight excluding hydrogens is 152 g/mol. The van der Waals surface area contributed by atoms with E-state index < -0.39 is 0 Å². The molecule has 0 radical (unpaired) electrons. The van der Waals surface area contributed by atoms with Crippen LogP contribution in [0.3, 0.4) is 0 Å². The molecule has 0 unspecified atom stereocenters. The highest BCUT2D eigenvalue weighted by Gasteiger charge is 2.41. The maximum absolute atomic E-state index is 5.62. The first kappa shape index (κ1) is 7.96. The highest BCUT2D eigenvalue weighted by atomic mass is 16.7. The van der Waals surface area contributed by atoms with Crippen molar-refractivity contribution in [1.82, 2.24) is 0 Å². The van der Waals surface area contributed by atoms with Crippen molar-refractivity contribution in [2.24, 2.45) is 5.92 Å². The lowest BCUT2D eigenvalue weighted by molar-refractivity contribution is 0.00495. The first-order valence-corrected chi connectivity index (χ1v) is 4.71. The second-order valence-corrected chi connectivity index (χ2v) is 4.13. The normalized spacial score (nSPS) is 41.1. The molecule has 2 rings (SSSR count). The van der Waals surface area contributed by atoms with Crippen molar-refractivity contribution in [3.63, 3.8) is 0 Å². The Labute approximate surface area is 73.5 Å². The van der Waals surface area contributed by atoms with Crippen LogP contribution in [-0.4, -0.2) is 12.2 Å². The summed E-state index contributed by atoms with van der Waals surface area (Å²) in [5.41, 5.74) is 0.00356. The molecule has 2 nitrogen and oxygen atoms in total. The molecule has 0 aromatic carbocycles. The lowest BCUT2D eigenvalue weighted by Gasteiger charge is -2.32. The molecule has 0 aromatic rings. The predicted molar refractivity (Wildman–Crippen MR) is 46.5 cm³/mol. The van der Waals surface area contributed by atoms with E-state index in [-0.39, 0.29) is 5.60 Å². The van der Waals surface area contributed by atoms with Crippen molar-refractivity contribution >= 4 is 0 Å². The van der Waals surface area contributed by atoms with Gasteiger partial charge in [0.25, 0.3) is 5.95 Å². The summed E-state index contributed by atoms with van der Waals surface area (Å²) in [7, 11) is 0. The summed E-state index contributed by atoms with van der Waals surface area (Å²) in [5.74, 6) is 1.37. The van der Waals surface area contributed by atoms with Gasteiger partial charge in [-0.2, -0.15) is 0 Å². The first-order chi connectivity index (χ1) is 5.70. The summed E-state index contributed by atoms with van der Waals surface area (Å²) in [6, 6.07) is 0. The van der Waals surface area contributed by atoms with Gasteiger partial charge in [0.1, 0.15) is 12.2 Å². The second kappa shape index (κ2) is 2.68. The molecule has 1 aliphatic heterocycles. The Balaban J connectivity index is 1.99. The number of hydrogen-bond donors (Lipinski definition) is 0. The van der Waals surface area contributed by atoms with E-state index in [0.29, 0.717) is 5.95 Å². The van der Waals surface area contributed by atoms with E-state index >= 15 is 0 Å². The minimum atomic E-state index is 0.00356. The summed E-state index contributed by atoms with van der Waals surface area (Å²) in [4.78, 5) is 0. The SMILES string of the molecule is C=C1OCC2(CCC(C)CC2)O1. The summed E-state index contributed by atoms with van der Waals surface area (Å²) in [5, 5.41) is 0. The van der Waals surface area contributed by atoms with Gasteiger partial charge < -0.3 is 9.47 Å². The molecular formula is C10H16O2. The van der Waals surface area contributed by atoms with E-state index in [0.717, 1.165) is 25.4 Å². The third-order valence-corrected chi connectivity index (χ3v) is 3.01. The third kappa shape index (κ3) is 1.30. The van der Waals surface area contributed by atoms with E-state index in [1.807, 2.05) is 0 Å². The Morgan fingerprint density at radius 3 is 2.58 bits per heavy atom. The minimum absolute atomic E-state index is 0.00356. The molecule has 2 fully saturated rings. The van der Waals surface area contributed by atoms with Crippen LogP contribution in [0.2, 0.25) is 0 Å². The quantitative estimate of drug-likeness (QED) is 0.553. The van der Waals surface area contributed by atoms with Gasteiger partial charge in [-0.25, -0.2) is 0 Å². The average molecular weight is 168 g/mol. The number of rotatable bonds is 0. The zero-order valence-electron chi connectivity index (χ0n) is 7.64. The van der Waals surface area contributed by atoms with Crippen molar-refractivity contribution < 1.29 is 9.47 Å². The van der Waals surface area contributed by atoms with Gasteiger partial charge in [0, 0.05) is 0 Å². The molecule has 1 saturated carbocycles. The molecule has 0 amide bonds. The fourth-order valence-corrected chi connectivity index (χ4v) is 2.05. The molecule has 2 heteroatoms. The lowest BCUT2D eigenvalue weighted by atomic mass is 9.80. The largest absolute Gasteiger partial charge is 0.462 e. The van der Waals surface area contributed by atoms with Gasteiger partial charge in [-0.15, -0.1) is 0 Å². The van der Waals surface area contributed by atoms with Crippen LogP contribution >= 0.6 is 0 Å². The van der Waals surface area contributed by atoms with Gasteiger partial charge >= 0.3 is 0 Å². The van der Waals surface area contributed by atoms with Crippen LogP contribution in [0.25, 0.3) is 0 Å². The van der Waals surface area contributed by atoms with Crippen molar-refractivity contribution in [1.29, 1.82) is 0 Å². The smallest absolute Gasteiger partial charge is 0.272 e. The van der Waals surface area contributed by atoms with Crippen LogP contribution in [0, 0.1) is 5.92 Å². The molecule has 68 valence electrons. The van der Waals surface area contributed by atoms with Crippen LogP contribution < -0.4 is 0 Å². The van der Waals surface area contributed by atoms with E-state index in [2.05, 4.69) is 13.5 Å². The van der Waals surface area contributed by atoms with Crippen LogP contribution in [-0.2, 0) is 9.47 Å². The maximum Gasteiger partial charge on any atom is 0.272 e. The summed E-state index contributed by atoms with van der Waals surface area (Å²) < 4.78 is 10.9. The van der Waals surface area contributed by atoms with Crippen LogP contribution in [0.1, 0.15) is 32.6 Å². The van der Waals surface area contributed by atoms with Gasteiger partial charge in [-0.05, 0) is 38.2 Å². The summed E-state index contributed by atoms with van der Waals surface area (Å²) in [6.45, 7) is 6.70. The van der Waals surface area contributed by atoms with Gasteiger partial charge in [-0.3, -0.25) is 0 Å². The van der Waals surface area contributed by atoms with Crippen molar-refractivity contribution in [2.45, 2.75) is 38.2 Å². The molecule has 1 spiro atoms. The number of hydrogen-bond acceptors (Lipinski definition) is 2. The highest BCUT2D eigenvalue weighted by molar-refractivity contribution is 4.95. The molecule has 0 atom stereocenters. The average Bonchev–Trinajstić information content (AvgIpc) is 2.40. The van der Waals surface area contributed by atoms with Crippen molar-refractivity contribution in [3.05, 3.63) is 12.5 Å².